The quantitative estimate of drug-likeness (QED) is 0.598. The molecule has 0 spiro atoms. The molecule has 0 aromatic heterocycles. The van der Waals surface area contributed by atoms with Crippen molar-refractivity contribution in [2.45, 2.75) is 0 Å². The van der Waals surface area contributed by atoms with E-state index in [4.69, 9.17) is 5.73 Å². The van der Waals surface area contributed by atoms with Gasteiger partial charge in [0.15, 0.2) is 0 Å². The Balaban J connectivity index is 2.39. The number of carbonyl (C=O) groups is 1. The van der Waals surface area contributed by atoms with Gasteiger partial charge in [-0.1, -0.05) is 12.2 Å². The molecule has 1 aliphatic heterocycles. The summed E-state index contributed by atoms with van der Waals surface area (Å²) in [6.45, 7) is 0. The Morgan fingerprint density at radius 3 is 3.08 bits per heavy atom. The molecule has 12 heavy (non-hydrogen) atoms. The smallest absolute Gasteiger partial charge is 0.228 e. The summed E-state index contributed by atoms with van der Waals surface area (Å²) in [6.07, 6.45) is 8.97. The van der Waals surface area contributed by atoms with E-state index in [1.54, 1.807) is 12.3 Å². The van der Waals surface area contributed by atoms with Crippen LogP contribution in [0.3, 0.4) is 0 Å². The van der Waals surface area contributed by atoms with Gasteiger partial charge in [-0.05, 0) is 17.7 Å². The second-order valence-corrected chi connectivity index (χ2v) is 2.72. The van der Waals surface area contributed by atoms with Gasteiger partial charge in [0, 0.05) is 6.21 Å². The summed E-state index contributed by atoms with van der Waals surface area (Å²) < 4.78 is 0. The molecule has 0 fully saturated rings. The van der Waals surface area contributed by atoms with Gasteiger partial charge in [0.25, 0.3) is 0 Å². The average Bonchev–Trinajstić information content (AvgIpc) is 2.49. The molecule has 1 heterocycles. The first-order valence-electron chi connectivity index (χ1n) is 3.71. The second kappa shape index (κ2) is 2.44. The minimum Gasteiger partial charge on any atom is -0.369 e. The van der Waals surface area contributed by atoms with Crippen LogP contribution in [0, 0.1) is 5.92 Å². The van der Waals surface area contributed by atoms with E-state index >= 15 is 0 Å². The van der Waals surface area contributed by atoms with E-state index in [1.807, 2.05) is 18.2 Å². The molecular weight excluding hydrogens is 152 g/mol. The average molecular weight is 160 g/mol. The Bertz CT molecular complexity index is 348. The minimum atomic E-state index is -0.325. The summed E-state index contributed by atoms with van der Waals surface area (Å²) in [5.41, 5.74) is 6.97. The van der Waals surface area contributed by atoms with Crippen molar-refractivity contribution in [1.82, 2.24) is 0 Å². The normalized spacial score (nSPS) is 24.8. The standard InChI is InChI=1S/C9H8N2O/c10-9(12)7-2-1-3-8-6(7)4-5-11-8/h1-5,7H,(H2,10,12). The highest BCUT2D eigenvalue weighted by Gasteiger charge is 2.23. The fourth-order valence-electron chi connectivity index (χ4n) is 1.37. The van der Waals surface area contributed by atoms with Gasteiger partial charge in [-0.3, -0.25) is 9.79 Å². The minimum absolute atomic E-state index is 0.299. The Hall–Kier alpha value is -1.64. The first kappa shape index (κ1) is 7.03. The number of allylic oxidation sites excluding steroid dienone is 4. The molecule has 0 aromatic rings. The molecule has 60 valence electrons. The van der Waals surface area contributed by atoms with E-state index < -0.39 is 0 Å². The van der Waals surface area contributed by atoms with E-state index in [-0.39, 0.29) is 11.8 Å². The topological polar surface area (TPSA) is 55.5 Å². The van der Waals surface area contributed by atoms with Crippen LogP contribution in [-0.4, -0.2) is 12.1 Å². The van der Waals surface area contributed by atoms with Crippen molar-refractivity contribution in [2.24, 2.45) is 16.6 Å². The zero-order valence-electron chi connectivity index (χ0n) is 6.40. The first-order valence-corrected chi connectivity index (χ1v) is 3.71. The van der Waals surface area contributed by atoms with E-state index in [0.29, 0.717) is 0 Å². The number of rotatable bonds is 1. The molecule has 3 heteroatoms. The van der Waals surface area contributed by atoms with E-state index in [2.05, 4.69) is 4.99 Å². The maximum absolute atomic E-state index is 10.9. The number of nitrogens with zero attached hydrogens (tertiary/aromatic N) is 1. The SMILES string of the molecule is NC(=O)C1C=CC=C2N=CC=C21. The molecule has 3 nitrogen and oxygen atoms in total. The molecule has 0 aromatic carbocycles. The van der Waals surface area contributed by atoms with Crippen molar-refractivity contribution >= 4 is 12.1 Å². The lowest BCUT2D eigenvalue weighted by atomic mass is 9.92. The van der Waals surface area contributed by atoms with Gasteiger partial charge in [0.2, 0.25) is 5.91 Å². The predicted octanol–water partition coefficient (Wildman–Crippen LogP) is 0.552. The van der Waals surface area contributed by atoms with Crippen LogP contribution in [0.5, 0.6) is 0 Å². The highest BCUT2D eigenvalue weighted by molar-refractivity contribution is 5.89. The summed E-state index contributed by atoms with van der Waals surface area (Å²) >= 11 is 0. The third kappa shape index (κ3) is 0.906. The lowest BCUT2D eigenvalue weighted by Crippen LogP contribution is -2.24. The Morgan fingerprint density at radius 2 is 2.33 bits per heavy atom. The summed E-state index contributed by atoms with van der Waals surface area (Å²) in [7, 11) is 0. The maximum atomic E-state index is 10.9. The van der Waals surface area contributed by atoms with Gasteiger partial charge in [0.1, 0.15) is 0 Å². The molecule has 2 rings (SSSR count). The van der Waals surface area contributed by atoms with Crippen molar-refractivity contribution in [1.29, 1.82) is 0 Å². The molecular formula is C9H8N2O. The van der Waals surface area contributed by atoms with Crippen LogP contribution in [0.25, 0.3) is 0 Å². The van der Waals surface area contributed by atoms with Gasteiger partial charge in [-0.15, -0.1) is 0 Å². The van der Waals surface area contributed by atoms with Crippen LogP contribution in [-0.2, 0) is 4.79 Å². The predicted molar refractivity (Wildman–Crippen MR) is 46.5 cm³/mol. The lowest BCUT2D eigenvalue weighted by Gasteiger charge is -2.13. The van der Waals surface area contributed by atoms with Crippen molar-refractivity contribution in [3.05, 3.63) is 35.6 Å². The first-order chi connectivity index (χ1) is 5.79. The van der Waals surface area contributed by atoms with Crippen molar-refractivity contribution in [2.75, 3.05) is 0 Å². The number of fused-ring (bicyclic) bond motifs is 1. The summed E-state index contributed by atoms with van der Waals surface area (Å²) in [5, 5.41) is 0. The number of hydrogen-bond acceptors (Lipinski definition) is 2. The molecule has 1 amide bonds. The van der Waals surface area contributed by atoms with Gasteiger partial charge in [-0.25, -0.2) is 0 Å². The third-order valence-electron chi connectivity index (χ3n) is 1.96. The Morgan fingerprint density at radius 1 is 1.50 bits per heavy atom. The van der Waals surface area contributed by atoms with Gasteiger partial charge in [0.05, 0.1) is 11.6 Å². The molecule has 0 saturated carbocycles. The third-order valence-corrected chi connectivity index (χ3v) is 1.96. The van der Waals surface area contributed by atoms with E-state index in [1.165, 1.54) is 0 Å². The van der Waals surface area contributed by atoms with Crippen LogP contribution in [0.1, 0.15) is 0 Å². The van der Waals surface area contributed by atoms with Crippen molar-refractivity contribution < 1.29 is 4.79 Å². The molecule has 0 saturated heterocycles. The van der Waals surface area contributed by atoms with Gasteiger partial charge < -0.3 is 5.73 Å². The number of primary amides is 1. The van der Waals surface area contributed by atoms with Crippen LogP contribution in [0.4, 0.5) is 0 Å². The Kier molecular flexibility index (Phi) is 1.43. The zero-order chi connectivity index (χ0) is 8.55. The summed E-state index contributed by atoms with van der Waals surface area (Å²) in [4.78, 5) is 15.0. The largest absolute Gasteiger partial charge is 0.369 e. The Labute approximate surface area is 70.0 Å². The molecule has 2 N–H and O–H groups in total. The second-order valence-electron chi connectivity index (χ2n) is 2.72. The highest BCUT2D eigenvalue weighted by Crippen LogP contribution is 2.28. The number of aliphatic imine (C=N–C) groups is 1. The molecule has 1 aliphatic carbocycles. The van der Waals surface area contributed by atoms with Crippen molar-refractivity contribution in [3.8, 4) is 0 Å². The van der Waals surface area contributed by atoms with E-state index in [9.17, 15) is 4.79 Å². The van der Waals surface area contributed by atoms with Crippen molar-refractivity contribution in [3.63, 3.8) is 0 Å². The molecule has 0 radical (unpaired) electrons. The fraction of sp³-hybridized carbons (Fsp3) is 0.111. The number of amides is 1. The molecule has 1 atom stereocenters. The summed E-state index contributed by atoms with van der Waals surface area (Å²) in [5.74, 6) is -0.624. The van der Waals surface area contributed by atoms with Crippen LogP contribution < -0.4 is 5.73 Å². The maximum Gasteiger partial charge on any atom is 0.228 e. The monoisotopic (exact) mass is 160 g/mol. The molecule has 1 unspecified atom stereocenters. The van der Waals surface area contributed by atoms with Gasteiger partial charge >= 0.3 is 0 Å². The number of hydrogen-bond donors (Lipinski definition) is 1. The fourth-order valence-corrected chi connectivity index (χ4v) is 1.37. The van der Waals surface area contributed by atoms with Gasteiger partial charge in [-0.2, -0.15) is 0 Å². The highest BCUT2D eigenvalue weighted by atomic mass is 16.1. The lowest BCUT2D eigenvalue weighted by molar-refractivity contribution is -0.119. The van der Waals surface area contributed by atoms with Crippen LogP contribution in [0.2, 0.25) is 0 Å². The number of nitrogens with two attached hydrogens (primary N) is 1. The molecule has 0 bridgehead atoms. The van der Waals surface area contributed by atoms with Crippen LogP contribution >= 0.6 is 0 Å². The van der Waals surface area contributed by atoms with Crippen LogP contribution in [0.15, 0.2) is 40.6 Å². The number of carbonyl (C=O) groups excluding carboxylic acids is 1. The summed E-state index contributed by atoms with van der Waals surface area (Å²) in [6, 6.07) is 0. The zero-order valence-corrected chi connectivity index (χ0v) is 6.40. The molecule has 2 aliphatic rings. The van der Waals surface area contributed by atoms with E-state index in [0.717, 1.165) is 11.3 Å².